The molecule has 0 aromatic carbocycles. The minimum absolute atomic E-state index is 0.590. The molecule has 0 unspecified atom stereocenters. The summed E-state index contributed by atoms with van der Waals surface area (Å²) in [6.07, 6.45) is 2.71. The molecule has 0 fully saturated rings. The molecule has 2 rings (SSSR count). The number of nitrogen functional groups attached to an aromatic ring is 1. The van der Waals surface area contributed by atoms with E-state index in [4.69, 9.17) is 10.5 Å². The van der Waals surface area contributed by atoms with E-state index in [0.29, 0.717) is 17.3 Å². The third-order valence-electron chi connectivity index (χ3n) is 2.73. The van der Waals surface area contributed by atoms with Gasteiger partial charge in [-0.3, -0.25) is 4.98 Å². The molecule has 0 atom stereocenters. The van der Waals surface area contributed by atoms with Gasteiger partial charge in [0, 0.05) is 12.7 Å². The Labute approximate surface area is 107 Å². The van der Waals surface area contributed by atoms with Crippen molar-refractivity contribution in [1.29, 1.82) is 0 Å². The molecule has 2 aromatic rings. The number of anilines is 1. The van der Waals surface area contributed by atoms with Crippen molar-refractivity contribution in [2.75, 3.05) is 5.73 Å². The first-order valence-electron chi connectivity index (χ1n) is 6.05. The average Bonchev–Trinajstić information content (AvgIpc) is 2.60. The number of pyridine rings is 1. The Balaban J connectivity index is 2.36. The van der Waals surface area contributed by atoms with Gasteiger partial charge in [0.15, 0.2) is 5.75 Å². The maximum atomic E-state index is 6.00. The van der Waals surface area contributed by atoms with Crippen molar-refractivity contribution in [1.82, 2.24) is 14.8 Å². The van der Waals surface area contributed by atoms with Gasteiger partial charge in [-0.1, -0.05) is 6.92 Å². The van der Waals surface area contributed by atoms with Crippen LogP contribution in [-0.2, 0) is 6.54 Å². The van der Waals surface area contributed by atoms with Crippen LogP contribution in [0.3, 0.4) is 0 Å². The first kappa shape index (κ1) is 12.4. The predicted octanol–water partition coefficient (Wildman–Crippen LogP) is 2.68. The fraction of sp³-hybridized carbons (Fsp3) is 0.385. The van der Waals surface area contributed by atoms with E-state index in [1.807, 2.05) is 26.0 Å². The third kappa shape index (κ3) is 2.30. The van der Waals surface area contributed by atoms with E-state index in [1.165, 1.54) is 0 Å². The predicted molar refractivity (Wildman–Crippen MR) is 70.7 cm³/mol. The van der Waals surface area contributed by atoms with Crippen LogP contribution in [0.25, 0.3) is 0 Å². The number of hydrogen-bond donors (Lipinski definition) is 1. The molecule has 5 nitrogen and oxygen atoms in total. The van der Waals surface area contributed by atoms with Gasteiger partial charge in [0.2, 0.25) is 5.88 Å². The molecule has 0 aliphatic rings. The largest absolute Gasteiger partial charge is 0.435 e. The van der Waals surface area contributed by atoms with E-state index in [9.17, 15) is 0 Å². The Kier molecular flexibility index (Phi) is 3.50. The molecule has 18 heavy (non-hydrogen) atoms. The molecule has 0 amide bonds. The van der Waals surface area contributed by atoms with Crippen molar-refractivity contribution in [2.24, 2.45) is 0 Å². The van der Waals surface area contributed by atoms with Crippen molar-refractivity contribution < 1.29 is 4.74 Å². The van der Waals surface area contributed by atoms with Crippen molar-refractivity contribution in [3.8, 4) is 11.6 Å². The molecule has 5 heteroatoms. The van der Waals surface area contributed by atoms with Gasteiger partial charge in [-0.05, 0) is 32.4 Å². The van der Waals surface area contributed by atoms with Gasteiger partial charge in [0.05, 0.1) is 11.4 Å². The number of rotatable bonds is 4. The zero-order valence-corrected chi connectivity index (χ0v) is 11.0. The highest BCUT2D eigenvalue weighted by atomic mass is 16.5. The number of hydrogen-bond acceptors (Lipinski definition) is 4. The van der Waals surface area contributed by atoms with Gasteiger partial charge in [0.25, 0.3) is 0 Å². The second-order valence-corrected chi connectivity index (χ2v) is 4.22. The smallest absolute Gasteiger partial charge is 0.241 e. The standard InChI is InChI=1S/C13H18N4O/c1-4-8-17-13(12(14)10(3)16-17)18-11-6-5-7-15-9(11)2/h5-7H,4,8,14H2,1-3H3. The maximum Gasteiger partial charge on any atom is 0.241 e. The van der Waals surface area contributed by atoms with E-state index < -0.39 is 0 Å². The summed E-state index contributed by atoms with van der Waals surface area (Å²) in [5.74, 6) is 1.31. The van der Waals surface area contributed by atoms with E-state index >= 15 is 0 Å². The summed E-state index contributed by atoms with van der Waals surface area (Å²) in [7, 11) is 0. The summed E-state index contributed by atoms with van der Waals surface area (Å²) in [4.78, 5) is 4.19. The molecule has 2 aromatic heterocycles. The fourth-order valence-electron chi connectivity index (χ4n) is 1.73. The van der Waals surface area contributed by atoms with Gasteiger partial charge >= 0.3 is 0 Å². The lowest BCUT2D eigenvalue weighted by Gasteiger charge is -2.10. The van der Waals surface area contributed by atoms with Crippen molar-refractivity contribution in [3.63, 3.8) is 0 Å². The monoisotopic (exact) mass is 246 g/mol. The number of ether oxygens (including phenoxy) is 1. The summed E-state index contributed by atoms with van der Waals surface area (Å²) in [6.45, 7) is 6.66. The van der Waals surface area contributed by atoms with Crippen LogP contribution < -0.4 is 10.5 Å². The van der Waals surface area contributed by atoms with E-state index in [0.717, 1.165) is 24.4 Å². The minimum atomic E-state index is 0.590. The van der Waals surface area contributed by atoms with E-state index in [-0.39, 0.29) is 0 Å². The molecular formula is C13H18N4O. The Morgan fingerprint density at radius 2 is 2.11 bits per heavy atom. The zero-order valence-electron chi connectivity index (χ0n) is 11.0. The van der Waals surface area contributed by atoms with E-state index in [1.54, 1.807) is 10.9 Å². The lowest BCUT2D eigenvalue weighted by molar-refractivity contribution is 0.406. The van der Waals surface area contributed by atoms with Crippen molar-refractivity contribution in [2.45, 2.75) is 33.7 Å². The molecular weight excluding hydrogens is 228 g/mol. The number of nitrogens with zero attached hydrogens (tertiary/aromatic N) is 3. The lowest BCUT2D eigenvalue weighted by atomic mass is 10.3. The zero-order chi connectivity index (χ0) is 13.1. The van der Waals surface area contributed by atoms with Crippen LogP contribution in [0, 0.1) is 13.8 Å². The van der Waals surface area contributed by atoms with Crippen molar-refractivity contribution in [3.05, 3.63) is 29.7 Å². The number of aromatic nitrogens is 3. The van der Waals surface area contributed by atoms with Gasteiger partial charge < -0.3 is 10.5 Å². The Hall–Kier alpha value is -2.04. The maximum absolute atomic E-state index is 6.00. The number of aryl methyl sites for hydroxylation is 3. The Morgan fingerprint density at radius 1 is 1.33 bits per heavy atom. The Bertz CT molecular complexity index is 548. The van der Waals surface area contributed by atoms with Gasteiger partial charge in [-0.15, -0.1) is 0 Å². The second kappa shape index (κ2) is 5.08. The summed E-state index contributed by atoms with van der Waals surface area (Å²) in [5.41, 5.74) is 8.22. The molecule has 2 N–H and O–H groups in total. The summed E-state index contributed by atoms with van der Waals surface area (Å²) < 4.78 is 7.66. The van der Waals surface area contributed by atoms with Crippen molar-refractivity contribution >= 4 is 5.69 Å². The van der Waals surface area contributed by atoms with E-state index in [2.05, 4.69) is 17.0 Å². The van der Waals surface area contributed by atoms with Gasteiger partial charge in [0.1, 0.15) is 5.69 Å². The molecule has 0 aliphatic carbocycles. The molecule has 0 spiro atoms. The first-order valence-corrected chi connectivity index (χ1v) is 6.05. The van der Waals surface area contributed by atoms with Crippen LogP contribution in [0.5, 0.6) is 11.6 Å². The lowest BCUT2D eigenvalue weighted by Crippen LogP contribution is -2.03. The normalized spacial score (nSPS) is 10.6. The minimum Gasteiger partial charge on any atom is -0.435 e. The van der Waals surface area contributed by atoms with Crippen LogP contribution in [-0.4, -0.2) is 14.8 Å². The summed E-state index contributed by atoms with van der Waals surface area (Å²) >= 11 is 0. The first-order chi connectivity index (χ1) is 8.63. The van der Waals surface area contributed by atoms with Crippen LogP contribution in [0.4, 0.5) is 5.69 Å². The summed E-state index contributed by atoms with van der Waals surface area (Å²) in [6, 6.07) is 3.71. The second-order valence-electron chi connectivity index (χ2n) is 4.22. The molecule has 0 saturated heterocycles. The fourth-order valence-corrected chi connectivity index (χ4v) is 1.73. The van der Waals surface area contributed by atoms with Crippen LogP contribution in [0.2, 0.25) is 0 Å². The molecule has 2 heterocycles. The summed E-state index contributed by atoms with van der Waals surface area (Å²) in [5, 5.41) is 4.37. The van der Waals surface area contributed by atoms with Crippen LogP contribution in [0.15, 0.2) is 18.3 Å². The third-order valence-corrected chi connectivity index (χ3v) is 2.73. The SMILES string of the molecule is CCCn1nc(C)c(N)c1Oc1cccnc1C. The quantitative estimate of drug-likeness (QED) is 0.900. The topological polar surface area (TPSA) is 66.0 Å². The average molecular weight is 246 g/mol. The highest BCUT2D eigenvalue weighted by Crippen LogP contribution is 2.31. The molecule has 0 saturated carbocycles. The molecule has 0 radical (unpaired) electrons. The molecule has 0 bridgehead atoms. The Morgan fingerprint density at radius 3 is 2.78 bits per heavy atom. The van der Waals surface area contributed by atoms with Gasteiger partial charge in [-0.25, -0.2) is 4.68 Å². The number of nitrogens with two attached hydrogens (primary N) is 1. The van der Waals surface area contributed by atoms with Crippen LogP contribution >= 0.6 is 0 Å². The molecule has 96 valence electrons. The highest BCUT2D eigenvalue weighted by molar-refractivity contribution is 5.54. The molecule has 0 aliphatic heterocycles. The highest BCUT2D eigenvalue weighted by Gasteiger charge is 2.15. The van der Waals surface area contributed by atoms with Crippen LogP contribution in [0.1, 0.15) is 24.7 Å². The van der Waals surface area contributed by atoms with Gasteiger partial charge in [-0.2, -0.15) is 5.10 Å².